The topological polar surface area (TPSA) is 26.0 Å². The summed E-state index contributed by atoms with van der Waals surface area (Å²) in [5, 5.41) is 2.07. The molecular formula is C9H14BrNS. The third kappa shape index (κ3) is 2.09. The van der Waals surface area contributed by atoms with Crippen LogP contribution in [0, 0.1) is 5.92 Å². The predicted molar refractivity (Wildman–Crippen MR) is 58.4 cm³/mol. The molecule has 0 aromatic carbocycles. The Balaban J connectivity index is 2.77. The molecule has 0 spiro atoms. The van der Waals surface area contributed by atoms with E-state index in [1.54, 1.807) is 11.3 Å². The molecule has 1 aromatic rings. The minimum atomic E-state index is 0.185. The van der Waals surface area contributed by atoms with Gasteiger partial charge in [0.05, 0.1) is 0 Å². The predicted octanol–water partition coefficient (Wildman–Crippen LogP) is 3.56. The fourth-order valence-corrected chi connectivity index (χ4v) is 2.83. The van der Waals surface area contributed by atoms with Gasteiger partial charge in [-0.3, -0.25) is 0 Å². The van der Waals surface area contributed by atoms with Gasteiger partial charge in [0.25, 0.3) is 0 Å². The van der Waals surface area contributed by atoms with Crippen LogP contribution in [0.2, 0.25) is 0 Å². The summed E-state index contributed by atoms with van der Waals surface area (Å²) >= 11 is 5.22. The summed E-state index contributed by atoms with van der Waals surface area (Å²) in [7, 11) is 0. The molecule has 0 saturated carbocycles. The molecule has 0 amide bonds. The van der Waals surface area contributed by atoms with Crippen LogP contribution >= 0.6 is 27.3 Å². The summed E-state index contributed by atoms with van der Waals surface area (Å²) in [5.41, 5.74) is 6.07. The van der Waals surface area contributed by atoms with Crippen molar-refractivity contribution in [1.29, 1.82) is 0 Å². The average Bonchev–Trinajstić information content (AvgIpc) is 2.48. The molecule has 3 heteroatoms. The fourth-order valence-electron chi connectivity index (χ4n) is 1.06. The van der Waals surface area contributed by atoms with Crippen LogP contribution in [0.5, 0.6) is 0 Å². The number of halogens is 1. The van der Waals surface area contributed by atoms with Crippen molar-refractivity contribution < 1.29 is 0 Å². The first kappa shape index (κ1) is 10.2. The zero-order chi connectivity index (χ0) is 9.14. The Morgan fingerprint density at radius 3 is 2.75 bits per heavy atom. The number of hydrogen-bond acceptors (Lipinski definition) is 2. The van der Waals surface area contributed by atoms with Crippen molar-refractivity contribution in [3.05, 3.63) is 20.8 Å². The molecule has 1 heterocycles. The molecule has 0 fully saturated rings. The Morgan fingerprint density at radius 2 is 2.33 bits per heavy atom. The Labute approximate surface area is 86.1 Å². The van der Waals surface area contributed by atoms with Gasteiger partial charge in [0.15, 0.2) is 0 Å². The highest BCUT2D eigenvalue weighted by atomic mass is 79.9. The first-order valence-electron chi connectivity index (χ1n) is 4.15. The largest absolute Gasteiger partial charge is 0.323 e. The Morgan fingerprint density at radius 1 is 1.67 bits per heavy atom. The molecule has 2 N–H and O–H groups in total. The summed E-state index contributed by atoms with van der Waals surface area (Å²) in [6.07, 6.45) is 1.13. The van der Waals surface area contributed by atoms with Crippen molar-refractivity contribution in [1.82, 2.24) is 0 Å². The lowest BCUT2D eigenvalue weighted by molar-refractivity contribution is 0.461. The van der Waals surface area contributed by atoms with Crippen LogP contribution in [0.25, 0.3) is 0 Å². The third-order valence-corrected chi connectivity index (χ3v) is 4.18. The Kier molecular flexibility index (Phi) is 3.75. The summed E-state index contributed by atoms with van der Waals surface area (Å²) in [4.78, 5) is 1.27. The lowest BCUT2D eigenvalue weighted by Crippen LogP contribution is -2.17. The lowest BCUT2D eigenvalue weighted by Gasteiger charge is -2.17. The molecule has 0 radical (unpaired) electrons. The summed E-state index contributed by atoms with van der Waals surface area (Å²) in [5.74, 6) is 0.556. The molecule has 0 aliphatic carbocycles. The van der Waals surface area contributed by atoms with E-state index in [1.807, 2.05) is 0 Å². The van der Waals surface area contributed by atoms with Gasteiger partial charge in [0.2, 0.25) is 0 Å². The molecule has 68 valence electrons. The van der Waals surface area contributed by atoms with Crippen LogP contribution in [-0.4, -0.2) is 0 Å². The first-order valence-corrected chi connectivity index (χ1v) is 5.82. The highest BCUT2D eigenvalue weighted by Crippen LogP contribution is 2.32. The van der Waals surface area contributed by atoms with Gasteiger partial charge < -0.3 is 5.73 Å². The van der Waals surface area contributed by atoms with Crippen LogP contribution < -0.4 is 5.73 Å². The number of rotatable bonds is 3. The highest BCUT2D eigenvalue weighted by Gasteiger charge is 2.16. The van der Waals surface area contributed by atoms with Crippen molar-refractivity contribution in [3.8, 4) is 0 Å². The molecule has 0 saturated heterocycles. The monoisotopic (exact) mass is 247 g/mol. The Hall–Kier alpha value is 0.140. The molecule has 0 aliphatic rings. The van der Waals surface area contributed by atoms with E-state index in [1.165, 1.54) is 4.88 Å². The normalized spacial score (nSPS) is 16.0. The van der Waals surface area contributed by atoms with E-state index in [4.69, 9.17) is 5.73 Å². The fraction of sp³-hybridized carbons (Fsp3) is 0.556. The molecule has 0 bridgehead atoms. The number of hydrogen-bond donors (Lipinski definition) is 1. The van der Waals surface area contributed by atoms with Crippen LogP contribution in [0.4, 0.5) is 0 Å². The summed E-state index contributed by atoms with van der Waals surface area (Å²) < 4.78 is 1.15. The van der Waals surface area contributed by atoms with E-state index in [0.29, 0.717) is 5.92 Å². The SMILES string of the molecule is CCC(C)[C@H](N)c1sccc1Br. The molecule has 1 aromatic heterocycles. The van der Waals surface area contributed by atoms with Gasteiger partial charge in [-0.1, -0.05) is 20.3 Å². The average molecular weight is 248 g/mol. The number of thiophene rings is 1. The van der Waals surface area contributed by atoms with E-state index in [-0.39, 0.29) is 6.04 Å². The molecule has 2 atom stereocenters. The Bertz CT molecular complexity index is 246. The minimum Gasteiger partial charge on any atom is -0.323 e. The second-order valence-corrected chi connectivity index (χ2v) is 4.85. The summed E-state index contributed by atoms with van der Waals surface area (Å²) in [6.45, 7) is 4.36. The zero-order valence-corrected chi connectivity index (χ0v) is 9.78. The molecule has 1 rings (SSSR count). The van der Waals surface area contributed by atoms with Crippen molar-refractivity contribution in [3.63, 3.8) is 0 Å². The maximum absolute atomic E-state index is 6.07. The van der Waals surface area contributed by atoms with Crippen LogP contribution in [-0.2, 0) is 0 Å². The van der Waals surface area contributed by atoms with Crippen molar-refractivity contribution in [2.75, 3.05) is 0 Å². The van der Waals surface area contributed by atoms with Crippen LogP contribution in [0.15, 0.2) is 15.9 Å². The summed E-state index contributed by atoms with van der Waals surface area (Å²) in [6, 6.07) is 2.24. The third-order valence-electron chi connectivity index (χ3n) is 2.20. The minimum absolute atomic E-state index is 0.185. The van der Waals surface area contributed by atoms with Gasteiger partial charge in [-0.2, -0.15) is 0 Å². The first-order chi connectivity index (χ1) is 5.66. The van der Waals surface area contributed by atoms with E-state index in [2.05, 4.69) is 41.2 Å². The zero-order valence-electron chi connectivity index (χ0n) is 7.38. The maximum Gasteiger partial charge on any atom is 0.0427 e. The second-order valence-electron chi connectivity index (χ2n) is 3.04. The standard InChI is InChI=1S/C9H14BrNS/c1-3-6(2)8(11)9-7(10)4-5-12-9/h4-6,8H,3,11H2,1-2H3/t6?,8-/m0/s1. The van der Waals surface area contributed by atoms with E-state index >= 15 is 0 Å². The molecule has 1 nitrogen and oxygen atoms in total. The van der Waals surface area contributed by atoms with Gasteiger partial charge in [-0.05, 0) is 33.3 Å². The molecule has 0 aliphatic heterocycles. The second kappa shape index (κ2) is 4.40. The molecule has 1 unspecified atom stereocenters. The quantitative estimate of drug-likeness (QED) is 0.869. The van der Waals surface area contributed by atoms with Gasteiger partial charge in [0, 0.05) is 15.4 Å². The van der Waals surface area contributed by atoms with Crippen molar-refractivity contribution in [2.24, 2.45) is 11.7 Å². The van der Waals surface area contributed by atoms with Gasteiger partial charge in [-0.15, -0.1) is 11.3 Å². The smallest absolute Gasteiger partial charge is 0.0427 e. The molecule has 12 heavy (non-hydrogen) atoms. The van der Waals surface area contributed by atoms with E-state index in [0.717, 1.165) is 10.9 Å². The lowest BCUT2D eigenvalue weighted by atomic mass is 9.99. The van der Waals surface area contributed by atoms with E-state index < -0.39 is 0 Å². The van der Waals surface area contributed by atoms with Crippen molar-refractivity contribution in [2.45, 2.75) is 26.3 Å². The highest BCUT2D eigenvalue weighted by molar-refractivity contribution is 9.10. The van der Waals surface area contributed by atoms with Crippen LogP contribution in [0.3, 0.4) is 0 Å². The van der Waals surface area contributed by atoms with Gasteiger partial charge in [0.1, 0.15) is 0 Å². The van der Waals surface area contributed by atoms with E-state index in [9.17, 15) is 0 Å². The van der Waals surface area contributed by atoms with Crippen LogP contribution in [0.1, 0.15) is 31.2 Å². The van der Waals surface area contributed by atoms with Gasteiger partial charge >= 0.3 is 0 Å². The molecular weight excluding hydrogens is 234 g/mol. The van der Waals surface area contributed by atoms with Gasteiger partial charge in [-0.25, -0.2) is 0 Å². The van der Waals surface area contributed by atoms with Crippen molar-refractivity contribution >= 4 is 27.3 Å². The number of nitrogens with two attached hydrogens (primary N) is 1. The maximum atomic E-state index is 6.07.